The zero-order valence-corrected chi connectivity index (χ0v) is 40.6. The van der Waals surface area contributed by atoms with Crippen LogP contribution in [0.5, 0.6) is 0 Å². The normalized spacial score (nSPS) is 12.7. The van der Waals surface area contributed by atoms with Crippen LogP contribution >= 0.6 is 0 Å². The molecule has 5 nitrogen and oxygen atoms in total. The van der Waals surface area contributed by atoms with E-state index in [2.05, 4.69) is 251 Å². The molecule has 72 heavy (non-hydrogen) atoms. The molecule has 12 aromatic rings. The van der Waals surface area contributed by atoms with E-state index >= 15 is 0 Å². The third-order valence-corrected chi connectivity index (χ3v) is 15.2. The Kier molecular flexibility index (Phi) is 11.6. The van der Waals surface area contributed by atoms with Crippen molar-refractivity contribution in [3.63, 3.8) is 0 Å². The van der Waals surface area contributed by atoms with Crippen molar-refractivity contribution in [2.24, 2.45) is 0 Å². The van der Waals surface area contributed by atoms with E-state index in [1.807, 2.05) is 0 Å². The van der Waals surface area contributed by atoms with Crippen LogP contribution in [0.4, 0.5) is 5.69 Å². The van der Waals surface area contributed by atoms with Crippen LogP contribution in [-0.4, -0.2) is 13.7 Å². The second-order valence-electron chi connectivity index (χ2n) is 19.0. The number of allylic oxidation sites excluding steroid dienone is 2. The van der Waals surface area contributed by atoms with Crippen molar-refractivity contribution < 1.29 is 0 Å². The van der Waals surface area contributed by atoms with E-state index < -0.39 is 0 Å². The van der Waals surface area contributed by atoms with Crippen molar-refractivity contribution in [1.82, 2.24) is 13.7 Å². The lowest BCUT2D eigenvalue weighted by atomic mass is 9.83. The first-order chi connectivity index (χ1) is 35.6. The van der Waals surface area contributed by atoms with Crippen LogP contribution < -0.4 is 0 Å². The molecule has 9 aromatic carbocycles. The third-order valence-electron chi connectivity index (χ3n) is 15.2. The number of nitriles is 1. The molecule has 0 radical (unpaired) electrons. The van der Waals surface area contributed by atoms with Gasteiger partial charge in [0.15, 0.2) is 0 Å². The van der Waals surface area contributed by atoms with Gasteiger partial charge in [0.05, 0.1) is 62.3 Å². The van der Waals surface area contributed by atoms with Gasteiger partial charge in [0.1, 0.15) is 6.07 Å². The lowest BCUT2D eigenvalue weighted by Crippen LogP contribution is -2.13. The first-order valence-electron chi connectivity index (χ1n) is 25.4. The highest BCUT2D eigenvalue weighted by molar-refractivity contribution is 6.16. The molecule has 0 aliphatic carbocycles. The Labute approximate surface area is 420 Å². The van der Waals surface area contributed by atoms with Crippen molar-refractivity contribution >= 4 is 71.1 Å². The van der Waals surface area contributed by atoms with E-state index in [9.17, 15) is 11.8 Å². The van der Waals surface area contributed by atoms with Gasteiger partial charge in [-0.2, -0.15) is 5.26 Å². The van der Waals surface area contributed by atoms with Gasteiger partial charge in [-0.05, 0) is 104 Å². The molecule has 5 heteroatoms. The molecule has 0 aliphatic heterocycles. The number of aromatic nitrogens is 3. The molecule has 0 fully saturated rings. The second kappa shape index (κ2) is 18.8. The lowest BCUT2D eigenvalue weighted by molar-refractivity contribution is 0.498. The average Bonchev–Trinajstić information content (AvgIpc) is 4.08. The van der Waals surface area contributed by atoms with E-state index in [4.69, 9.17) is 0 Å². The summed E-state index contributed by atoms with van der Waals surface area (Å²) in [6, 6.07) is 73.8. The molecule has 2 unspecified atom stereocenters. The minimum Gasteiger partial charge on any atom is -0.317 e. The van der Waals surface area contributed by atoms with E-state index in [0.29, 0.717) is 28.7 Å². The zero-order valence-electron chi connectivity index (χ0n) is 40.6. The van der Waals surface area contributed by atoms with E-state index in [-0.39, 0.29) is 0 Å². The van der Waals surface area contributed by atoms with Crippen LogP contribution in [0.2, 0.25) is 0 Å². The average molecular weight is 928 g/mol. The summed E-state index contributed by atoms with van der Waals surface area (Å²) in [6.45, 7) is 13.9. The Bertz CT molecular complexity index is 3820. The van der Waals surface area contributed by atoms with Crippen LogP contribution in [0.15, 0.2) is 212 Å². The van der Waals surface area contributed by atoms with Crippen molar-refractivity contribution in [3.8, 4) is 34.3 Å². The Morgan fingerprint density at radius 3 is 1.28 bits per heavy atom. The molecular formula is C67H53N5. The SMILES string of the molecule is [C-]#[N+]c1c(-c2ccc(C(CC)CCC(CC/C=C/C)c3ccccc3)cc2)c(C#N)c(-n2c3ccccc3c3ccccc32)c(-n2c3ccccc3c3ccccc32)c1-n1c2ccccc2c2ccccc21. The first-order valence-corrected chi connectivity index (χ1v) is 25.4. The summed E-state index contributed by atoms with van der Waals surface area (Å²) in [5.41, 5.74) is 13.1. The minimum absolute atomic E-state index is 0.349. The minimum atomic E-state index is 0.349. The molecule has 3 heterocycles. The molecule has 0 aliphatic rings. The van der Waals surface area contributed by atoms with Crippen molar-refractivity contribution in [2.75, 3.05) is 0 Å². The monoisotopic (exact) mass is 927 g/mol. The summed E-state index contributed by atoms with van der Waals surface area (Å²) < 4.78 is 6.94. The summed E-state index contributed by atoms with van der Waals surface area (Å²) >= 11 is 0. The van der Waals surface area contributed by atoms with Crippen LogP contribution in [-0.2, 0) is 0 Å². The van der Waals surface area contributed by atoms with Crippen LogP contribution in [0.3, 0.4) is 0 Å². The molecular weight excluding hydrogens is 875 g/mol. The first kappa shape index (κ1) is 44.3. The highest BCUT2D eigenvalue weighted by Gasteiger charge is 2.33. The molecule has 3 aromatic heterocycles. The number of benzene rings is 9. The molecule has 0 saturated heterocycles. The predicted octanol–water partition coefficient (Wildman–Crippen LogP) is 18.5. The molecule has 0 saturated carbocycles. The maximum Gasteiger partial charge on any atom is 0.221 e. The van der Waals surface area contributed by atoms with Crippen LogP contribution in [0, 0.1) is 17.9 Å². The number of para-hydroxylation sites is 6. The van der Waals surface area contributed by atoms with Crippen LogP contribution in [0.25, 0.3) is 98.5 Å². The quantitative estimate of drug-likeness (QED) is 0.0839. The number of nitrogens with zero attached hydrogens (tertiary/aromatic N) is 5. The summed E-state index contributed by atoms with van der Waals surface area (Å²) in [5.74, 6) is 0.823. The van der Waals surface area contributed by atoms with Crippen molar-refractivity contribution in [1.29, 1.82) is 5.26 Å². The molecule has 0 N–H and O–H groups in total. The van der Waals surface area contributed by atoms with Gasteiger partial charge in [-0.3, -0.25) is 0 Å². The maximum atomic E-state index is 12.1. The molecule has 0 spiro atoms. The molecule has 346 valence electrons. The number of fused-ring (bicyclic) bond motifs is 9. The van der Waals surface area contributed by atoms with Gasteiger partial charge in [-0.25, -0.2) is 4.85 Å². The molecule has 0 amide bonds. The van der Waals surface area contributed by atoms with Crippen molar-refractivity contribution in [3.05, 3.63) is 240 Å². The van der Waals surface area contributed by atoms with Gasteiger partial charge in [0.25, 0.3) is 0 Å². The number of hydrogen-bond donors (Lipinski definition) is 0. The van der Waals surface area contributed by atoms with E-state index in [1.165, 1.54) is 11.1 Å². The van der Waals surface area contributed by atoms with E-state index in [1.54, 1.807) is 0 Å². The fraction of sp³-hybridized carbons (Fsp3) is 0.134. The molecule has 0 bridgehead atoms. The molecule has 2 atom stereocenters. The Hall–Kier alpha value is -8.90. The predicted molar refractivity (Wildman–Crippen MR) is 301 cm³/mol. The van der Waals surface area contributed by atoms with Gasteiger partial charge in [-0.1, -0.05) is 183 Å². The highest BCUT2D eigenvalue weighted by Crippen LogP contribution is 2.52. The maximum absolute atomic E-state index is 12.1. The Morgan fingerprint density at radius 1 is 0.472 bits per heavy atom. The molecule has 12 rings (SSSR count). The number of rotatable bonds is 13. The topological polar surface area (TPSA) is 42.9 Å². The summed E-state index contributed by atoms with van der Waals surface area (Å²) in [4.78, 5) is 4.64. The summed E-state index contributed by atoms with van der Waals surface area (Å²) in [5, 5.41) is 18.7. The van der Waals surface area contributed by atoms with Gasteiger partial charge in [-0.15, -0.1) is 0 Å². The van der Waals surface area contributed by atoms with Gasteiger partial charge in [0, 0.05) is 37.9 Å². The highest BCUT2D eigenvalue weighted by atomic mass is 15.1. The fourth-order valence-electron chi connectivity index (χ4n) is 11.9. The third kappa shape index (κ3) is 7.20. The second-order valence-corrected chi connectivity index (χ2v) is 19.0. The van der Waals surface area contributed by atoms with E-state index in [0.717, 1.165) is 120 Å². The zero-order chi connectivity index (χ0) is 48.7. The van der Waals surface area contributed by atoms with Crippen molar-refractivity contribution in [2.45, 2.75) is 57.8 Å². The Balaban J connectivity index is 1.18. The summed E-state index contributed by atoms with van der Waals surface area (Å²) in [6.07, 6.45) is 9.79. The van der Waals surface area contributed by atoms with Gasteiger partial charge in [0.2, 0.25) is 5.69 Å². The van der Waals surface area contributed by atoms with Gasteiger partial charge >= 0.3 is 0 Å². The van der Waals surface area contributed by atoms with Crippen LogP contribution in [0.1, 0.15) is 74.5 Å². The standard InChI is InChI=1S/C67H53N5/c1-4-6-8-23-47(46-24-9-7-10-25-46)39-38-45(5-2)48-40-42-49(43-41-48)63-56(44-68)65(70-57-32-17-11-26-50(57)51-27-12-18-33-58(51)70)67(72-61-36-21-15-30-54(61)55-31-16-22-37-62(55)72)66(64(63)69-3)71-59-34-19-13-28-52(59)53-29-14-20-35-60(53)71/h4,6-7,9-22,24-37,40-43,45,47H,5,8,23,38-39H2,1-2H3/b6-4+. The van der Waals surface area contributed by atoms with Gasteiger partial charge < -0.3 is 13.7 Å². The largest absolute Gasteiger partial charge is 0.317 e. The lowest BCUT2D eigenvalue weighted by Gasteiger charge is -2.27. The smallest absolute Gasteiger partial charge is 0.221 e. The number of hydrogen-bond acceptors (Lipinski definition) is 1. The fourth-order valence-corrected chi connectivity index (χ4v) is 11.9. The Morgan fingerprint density at radius 2 is 0.861 bits per heavy atom. The summed E-state index contributed by atoms with van der Waals surface area (Å²) in [7, 11) is 0.